The van der Waals surface area contributed by atoms with Crippen LogP contribution in [0.2, 0.25) is 0 Å². The van der Waals surface area contributed by atoms with Gasteiger partial charge < -0.3 is 14.2 Å². The normalized spacial score (nSPS) is 10.8. The van der Waals surface area contributed by atoms with Gasteiger partial charge in [-0.3, -0.25) is 0 Å². The molecule has 156 valence electrons. The van der Waals surface area contributed by atoms with Crippen molar-refractivity contribution in [2.24, 2.45) is 0 Å². The van der Waals surface area contributed by atoms with E-state index in [0.717, 1.165) is 50.0 Å². The minimum absolute atomic E-state index is 0.618. The summed E-state index contributed by atoms with van der Waals surface area (Å²) in [6.07, 6.45) is 7.83. The van der Waals surface area contributed by atoms with Crippen molar-refractivity contribution >= 4 is 12.2 Å². The fourth-order valence-electron chi connectivity index (χ4n) is 2.94. The number of aryl methyl sites for hydroxylation is 2. The lowest BCUT2D eigenvalue weighted by atomic mass is 10.1. The van der Waals surface area contributed by atoms with E-state index in [4.69, 9.17) is 14.2 Å². The van der Waals surface area contributed by atoms with Gasteiger partial charge in [-0.25, -0.2) is 0 Å². The number of ether oxygens (including phenoxy) is 3. The van der Waals surface area contributed by atoms with Gasteiger partial charge in [-0.1, -0.05) is 73.8 Å². The molecule has 0 atom stereocenters. The lowest BCUT2D eigenvalue weighted by molar-refractivity contribution is 0.0138. The van der Waals surface area contributed by atoms with Crippen molar-refractivity contribution in [1.82, 2.24) is 0 Å². The zero-order valence-electron chi connectivity index (χ0n) is 17.5. The van der Waals surface area contributed by atoms with Crippen molar-refractivity contribution in [3.63, 3.8) is 0 Å². The SMILES string of the molecule is C=Cc1ccc(CCCOCCOCCOCCCc2ccc(C=C)cc2)cc1. The highest BCUT2D eigenvalue weighted by Crippen LogP contribution is 2.08. The Morgan fingerprint density at radius 2 is 0.862 bits per heavy atom. The summed E-state index contributed by atoms with van der Waals surface area (Å²) in [4.78, 5) is 0. The van der Waals surface area contributed by atoms with Gasteiger partial charge in [0.05, 0.1) is 26.4 Å². The molecule has 0 radical (unpaired) electrons. The Balaban J connectivity index is 1.35. The first kappa shape index (κ1) is 23.1. The Hall–Kier alpha value is -2.20. The standard InChI is InChI=1S/C26H34O3/c1-3-23-9-13-25(14-10-23)7-5-17-27-19-21-29-22-20-28-18-6-8-26-15-11-24(4-2)12-16-26/h3-4,9-16H,1-2,5-8,17-22H2. The average molecular weight is 395 g/mol. The summed E-state index contributed by atoms with van der Waals surface area (Å²) in [5, 5.41) is 0. The molecule has 0 aromatic heterocycles. The molecule has 0 N–H and O–H groups in total. The van der Waals surface area contributed by atoms with Gasteiger partial charge in [0.2, 0.25) is 0 Å². The third kappa shape index (κ3) is 10.2. The van der Waals surface area contributed by atoms with Gasteiger partial charge in [0.1, 0.15) is 0 Å². The molecule has 2 rings (SSSR count). The molecular formula is C26H34O3. The van der Waals surface area contributed by atoms with Crippen molar-refractivity contribution < 1.29 is 14.2 Å². The monoisotopic (exact) mass is 394 g/mol. The summed E-state index contributed by atoms with van der Waals surface area (Å²) in [5.41, 5.74) is 4.98. The van der Waals surface area contributed by atoms with Crippen LogP contribution in [0.4, 0.5) is 0 Å². The van der Waals surface area contributed by atoms with E-state index in [2.05, 4.69) is 61.7 Å². The minimum atomic E-state index is 0.618. The van der Waals surface area contributed by atoms with Crippen molar-refractivity contribution in [3.05, 3.63) is 83.9 Å². The van der Waals surface area contributed by atoms with E-state index in [9.17, 15) is 0 Å². The fraction of sp³-hybridized carbons (Fsp3) is 0.385. The third-order valence-electron chi connectivity index (χ3n) is 4.68. The maximum Gasteiger partial charge on any atom is 0.0701 e. The molecule has 0 heterocycles. The van der Waals surface area contributed by atoms with E-state index in [1.807, 2.05) is 12.2 Å². The predicted molar refractivity (Wildman–Crippen MR) is 122 cm³/mol. The Morgan fingerprint density at radius 3 is 1.21 bits per heavy atom. The molecule has 2 aromatic rings. The second-order valence-electron chi connectivity index (χ2n) is 6.94. The zero-order chi connectivity index (χ0) is 20.6. The van der Waals surface area contributed by atoms with Crippen LogP contribution in [0, 0.1) is 0 Å². The van der Waals surface area contributed by atoms with E-state index in [-0.39, 0.29) is 0 Å². The van der Waals surface area contributed by atoms with Crippen LogP contribution in [-0.2, 0) is 27.1 Å². The fourth-order valence-corrected chi connectivity index (χ4v) is 2.94. The molecule has 0 bridgehead atoms. The third-order valence-corrected chi connectivity index (χ3v) is 4.68. The predicted octanol–water partition coefficient (Wildman–Crippen LogP) is 5.59. The maximum absolute atomic E-state index is 5.62. The molecule has 29 heavy (non-hydrogen) atoms. The van der Waals surface area contributed by atoms with Crippen LogP contribution in [0.15, 0.2) is 61.7 Å². The van der Waals surface area contributed by atoms with Crippen molar-refractivity contribution in [1.29, 1.82) is 0 Å². The van der Waals surface area contributed by atoms with Gasteiger partial charge in [0.15, 0.2) is 0 Å². The molecule has 0 fully saturated rings. The first-order valence-corrected chi connectivity index (χ1v) is 10.5. The first-order chi connectivity index (χ1) is 14.3. The van der Waals surface area contributed by atoms with Gasteiger partial charge in [-0.05, 0) is 47.9 Å². The van der Waals surface area contributed by atoms with Gasteiger partial charge in [0.25, 0.3) is 0 Å². The highest BCUT2D eigenvalue weighted by atomic mass is 16.5. The van der Waals surface area contributed by atoms with Crippen molar-refractivity contribution in [2.45, 2.75) is 25.7 Å². The Bertz CT molecular complexity index is 627. The first-order valence-electron chi connectivity index (χ1n) is 10.5. The summed E-state index contributed by atoms with van der Waals surface area (Å²) < 4.78 is 16.8. The van der Waals surface area contributed by atoms with E-state index in [1.165, 1.54) is 11.1 Å². The van der Waals surface area contributed by atoms with Crippen LogP contribution >= 0.6 is 0 Å². The van der Waals surface area contributed by atoms with E-state index in [0.29, 0.717) is 26.4 Å². The van der Waals surface area contributed by atoms with Crippen LogP contribution in [0.1, 0.15) is 35.1 Å². The van der Waals surface area contributed by atoms with E-state index < -0.39 is 0 Å². The molecule has 0 unspecified atom stereocenters. The molecular weight excluding hydrogens is 360 g/mol. The highest BCUT2D eigenvalue weighted by molar-refractivity contribution is 5.47. The van der Waals surface area contributed by atoms with Crippen LogP contribution in [0.25, 0.3) is 12.2 Å². The van der Waals surface area contributed by atoms with Crippen LogP contribution < -0.4 is 0 Å². The molecule has 3 nitrogen and oxygen atoms in total. The van der Waals surface area contributed by atoms with Gasteiger partial charge in [-0.2, -0.15) is 0 Å². The van der Waals surface area contributed by atoms with Crippen LogP contribution in [-0.4, -0.2) is 39.6 Å². The van der Waals surface area contributed by atoms with E-state index >= 15 is 0 Å². The Labute approximate surface area is 176 Å². The number of benzene rings is 2. The second kappa shape index (κ2) is 14.7. The number of hydrogen-bond donors (Lipinski definition) is 0. The molecule has 0 spiro atoms. The maximum atomic E-state index is 5.62. The smallest absolute Gasteiger partial charge is 0.0701 e. The van der Waals surface area contributed by atoms with Gasteiger partial charge in [-0.15, -0.1) is 0 Å². The lowest BCUT2D eigenvalue weighted by Crippen LogP contribution is -2.10. The molecule has 2 aromatic carbocycles. The molecule has 0 aliphatic carbocycles. The summed E-state index contributed by atoms with van der Waals surface area (Å²) in [7, 11) is 0. The largest absolute Gasteiger partial charge is 0.379 e. The highest BCUT2D eigenvalue weighted by Gasteiger charge is 1.96. The lowest BCUT2D eigenvalue weighted by Gasteiger charge is -2.07. The molecule has 0 aliphatic heterocycles. The van der Waals surface area contributed by atoms with Crippen molar-refractivity contribution in [2.75, 3.05) is 39.6 Å². The second-order valence-corrected chi connectivity index (χ2v) is 6.94. The average Bonchev–Trinajstić information content (AvgIpc) is 2.77. The van der Waals surface area contributed by atoms with Crippen LogP contribution in [0.5, 0.6) is 0 Å². The summed E-state index contributed by atoms with van der Waals surface area (Å²) in [5.74, 6) is 0. The number of rotatable bonds is 16. The molecule has 3 heteroatoms. The molecule has 0 amide bonds. The summed E-state index contributed by atoms with van der Waals surface area (Å²) >= 11 is 0. The Morgan fingerprint density at radius 1 is 0.517 bits per heavy atom. The quantitative estimate of drug-likeness (QED) is 0.348. The number of hydrogen-bond acceptors (Lipinski definition) is 3. The molecule has 0 aliphatic rings. The van der Waals surface area contributed by atoms with Gasteiger partial charge in [0, 0.05) is 13.2 Å². The van der Waals surface area contributed by atoms with Crippen molar-refractivity contribution in [3.8, 4) is 0 Å². The van der Waals surface area contributed by atoms with E-state index in [1.54, 1.807) is 0 Å². The van der Waals surface area contributed by atoms with Crippen LogP contribution in [0.3, 0.4) is 0 Å². The van der Waals surface area contributed by atoms with Gasteiger partial charge >= 0.3 is 0 Å². The summed E-state index contributed by atoms with van der Waals surface area (Å²) in [6, 6.07) is 17.0. The topological polar surface area (TPSA) is 27.7 Å². The zero-order valence-corrected chi connectivity index (χ0v) is 17.5. The molecule has 0 saturated carbocycles. The minimum Gasteiger partial charge on any atom is -0.379 e. The Kier molecular flexibility index (Phi) is 11.7. The molecule has 0 saturated heterocycles. The summed E-state index contributed by atoms with van der Waals surface area (Å²) in [6.45, 7) is 11.6.